The predicted molar refractivity (Wildman–Crippen MR) is 107 cm³/mol. The zero-order valence-corrected chi connectivity index (χ0v) is 15.8. The molecule has 0 unspecified atom stereocenters. The molecule has 0 fully saturated rings. The Morgan fingerprint density at radius 2 is 1.28 bits per heavy atom. The van der Waals surface area contributed by atoms with Gasteiger partial charge in [-0.25, -0.2) is 0 Å². The molecule has 0 atom stereocenters. The van der Waals surface area contributed by atoms with Gasteiger partial charge in [-0.15, -0.1) is 0 Å². The third-order valence-electron chi connectivity index (χ3n) is 5.63. The molecule has 2 aromatic carbocycles. The van der Waals surface area contributed by atoms with Crippen LogP contribution in [0.5, 0.6) is 0 Å². The first-order valence-electron chi connectivity index (χ1n) is 9.63. The molecule has 0 aliphatic rings. The van der Waals surface area contributed by atoms with Crippen molar-refractivity contribution in [3.63, 3.8) is 0 Å². The number of hydrogen-bond donors (Lipinski definition) is 0. The summed E-state index contributed by atoms with van der Waals surface area (Å²) in [5.41, 5.74) is 3.97. The van der Waals surface area contributed by atoms with E-state index in [0.717, 1.165) is 25.7 Å². The molecule has 25 heavy (non-hydrogen) atoms. The highest BCUT2D eigenvalue weighted by Gasteiger charge is 2.14. The van der Waals surface area contributed by atoms with E-state index in [2.05, 4.69) is 45.9 Å². The van der Waals surface area contributed by atoms with Crippen LogP contribution in [0.4, 0.5) is 0 Å². The zero-order chi connectivity index (χ0) is 18.0. The second-order valence-corrected chi connectivity index (χ2v) is 6.97. The van der Waals surface area contributed by atoms with Crippen LogP contribution in [0.25, 0.3) is 21.9 Å². The van der Waals surface area contributed by atoms with E-state index in [1.807, 2.05) is 18.2 Å². The first-order chi connectivity index (χ1) is 12.1. The van der Waals surface area contributed by atoms with Crippen molar-refractivity contribution in [3.8, 4) is 0 Å². The van der Waals surface area contributed by atoms with Gasteiger partial charge in [0.1, 0.15) is 11.2 Å². The van der Waals surface area contributed by atoms with Gasteiger partial charge in [0.2, 0.25) is 5.43 Å². The minimum atomic E-state index is 0.0835. The number of hydrogen-bond acceptors (Lipinski definition) is 2. The Labute approximate surface area is 149 Å². The molecule has 3 rings (SSSR count). The summed E-state index contributed by atoms with van der Waals surface area (Å²) in [7, 11) is 0. The Hall–Kier alpha value is -2.09. The first kappa shape index (κ1) is 17.7. The highest BCUT2D eigenvalue weighted by Crippen LogP contribution is 2.29. The molecule has 132 valence electrons. The molecule has 0 radical (unpaired) electrons. The lowest BCUT2D eigenvalue weighted by Gasteiger charge is -2.14. The van der Waals surface area contributed by atoms with Gasteiger partial charge in [0.05, 0.1) is 10.8 Å². The smallest absolute Gasteiger partial charge is 0.200 e. The molecule has 0 aliphatic carbocycles. The van der Waals surface area contributed by atoms with Gasteiger partial charge in [-0.1, -0.05) is 39.8 Å². The number of benzene rings is 2. The molecule has 0 saturated carbocycles. The van der Waals surface area contributed by atoms with Crippen LogP contribution < -0.4 is 5.43 Å². The lowest BCUT2D eigenvalue weighted by molar-refractivity contribution is 0.631. The molecular formula is C23H28O2. The quantitative estimate of drug-likeness (QED) is 0.466. The van der Waals surface area contributed by atoms with Crippen LogP contribution in [0.1, 0.15) is 76.3 Å². The van der Waals surface area contributed by atoms with Crippen molar-refractivity contribution in [1.29, 1.82) is 0 Å². The fourth-order valence-electron chi connectivity index (χ4n) is 3.92. The zero-order valence-electron chi connectivity index (χ0n) is 15.8. The molecule has 2 heteroatoms. The van der Waals surface area contributed by atoms with Crippen LogP contribution in [0.3, 0.4) is 0 Å². The van der Waals surface area contributed by atoms with Crippen LogP contribution in [0, 0.1) is 0 Å². The van der Waals surface area contributed by atoms with E-state index in [4.69, 9.17) is 4.42 Å². The van der Waals surface area contributed by atoms with Gasteiger partial charge >= 0.3 is 0 Å². The number of rotatable bonds is 6. The maximum atomic E-state index is 13.0. The van der Waals surface area contributed by atoms with Gasteiger partial charge in [-0.05, 0) is 72.9 Å². The molecule has 1 heterocycles. The monoisotopic (exact) mass is 336 g/mol. The lowest BCUT2D eigenvalue weighted by Crippen LogP contribution is -2.05. The minimum absolute atomic E-state index is 0.0835. The summed E-state index contributed by atoms with van der Waals surface area (Å²) < 4.78 is 6.11. The molecule has 0 N–H and O–H groups in total. The highest BCUT2D eigenvalue weighted by atomic mass is 16.3. The van der Waals surface area contributed by atoms with E-state index < -0.39 is 0 Å². The lowest BCUT2D eigenvalue weighted by atomic mass is 9.92. The summed E-state index contributed by atoms with van der Waals surface area (Å²) in [4.78, 5) is 13.0. The fourth-order valence-corrected chi connectivity index (χ4v) is 3.92. The molecule has 0 saturated heterocycles. The molecule has 0 bridgehead atoms. The van der Waals surface area contributed by atoms with E-state index >= 15 is 0 Å². The maximum absolute atomic E-state index is 13.0. The van der Waals surface area contributed by atoms with Gasteiger partial charge in [-0.3, -0.25) is 4.79 Å². The van der Waals surface area contributed by atoms with Crippen molar-refractivity contribution in [3.05, 3.63) is 57.7 Å². The molecule has 0 aliphatic heterocycles. The normalized spacial score (nSPS) is 11.9. The molecule has 0 spiro atoms. The summed E-state index contributed by atoms with van der Waals surface area (Å²) in [6.07, 6.45) is 4.36. The molecule has 2 nitrogen and oxygen atoms in total. The SMILES string of the molecule is CCC(CC)c1ccc2c(=O)c3cc(C(CC)CC)ccc3oc2c1. The van der Waals surface area contributed by atoms with Crippen molar-refractivity contribution in [2.75, 3.05) is 0 Å². The standard InChI is InChI=1S/C23H28O2/c1-5-15(6-2)17-10-12-21-20(13-17)23(24)19-11-9-18(14-22(19)25-21)16(7-3)8-4/h9-16H,5-8H2,1-4H3. The molecular weight excluding hydrogens is 308 g/mol. The van der Waals surface area contributed by atoms with Crippen molar-refractivity contribution >= 4 is 21.9 Å². The van der Waals surface area contributed by atoms with Crippen LogP contribution in [-0.4, -0.2) is 0 Å². The van der Waals surface area contributed by atoms with Crippen molar-refractivity contribution in [1.82, 2.24) is 0 Å². The molecule has 0 amide bonds. The molecule has 3 aromatic rings. The van der Waals surface area contributed by atoms with Crippen molar-refractivity contribution in [2.45, 2.75) is 65.2 Å². The van der Waals surface area contributed by atoms with E-state index in [0.29, 0.717) is 33.8 Å². The fraction of sp³-hybridized carbons (Fsp3) is 0.435. The van der Waals surface area contributed by atoms with Gasteiger partial charge in [-0.2, -0.15) is 0 Å². The van der Waals surface area contributed by atoms with Gasteiger partial charge in [0, 0.05) is 0 Å². The Kier molecular flexibility index (Phi) is 5.27. The Bertz CT molecular complexity index is 928. The van der Waals surface area contributed by atoms with E-state index in [1.54, 1.807) is 0 Å². The second kappa shape index (κ2) is 7.43. The topological polar surface area (TPSA) is 30.2 Å². The predicted octanol–water partition coefficient (Wildman–Crippen LogP) is 6.75. The maximum Gasteiger partial charge on any atom is 0.200 e. The van der Waals surface area contributed by atoms with Gasteiger partial charge in [0.15, 0.2) is 0 Å². The minimum Gasteiger partial charge on any atom is -0.456 e. The van der Waals surface area contributed by atoms with Crippen LogP contribution in [0.2, 0.25) is 0 Å². The summed E-state index contributed by atoms with van der Waals surface area (Å²) >= 11 is 0. The summed E-state index contributed by atoms with van der Waals surface area (Å²) in [6, 6.07) is 12.2. The third kappa shape index (κ3) is 3.22. The Morgan fingerprint density at radius 3 is 1.88 bits per heavy atom. The highest BCUT2D eigenvalue weighted by molar-refractivity contribution is 5.90. The average molecular weight is 336 g/mol. The van der Waals surface area contributed by atoms with Crippen molar-refractivity contribution < 1.29 is 4.42 Å². The van der Waals surface area contributed by atoms with E-state index in [1.165, 1.54) is 11.1 Å². The van der Waals surface area contributed by atoms with E-state index in [-0.39, 0.29) is 5.43 Å². The number of fused-ring (bicyclic) bond motifs is 2. The second-order valence-electron chi connectivity index (χ2n) is 6.97. The van der Waals surface area contributed by atoms with E-state index in [9.17, 15) is 4.79 Å². The van der Waals surface area contributed by atoms with Crippen LogP contribution in [-0.2, 0) is 0 Å². The summed E-state index contributed by atoms with van der Waals surface area (Å²) in [6.45, 7) is 8.80. The first-order valence-corrected chi connectivity index (χ1v) is 9.63. The van der Waals surface area contributed by atoms with Crippen LogP contribution in [0.15, 0.2) is 45.6 Å². The Balaban J connectivity index is 2.19. The van der Waals surface area contributed by atoms with Gasteiger partial charge in [0.25, 0.3) is 0 Å². The summed E-state index contributed by atoms with van der Waals surface area (Å²) in [5, 5.41) is 1.39. The average Bonchev–Trinajstić information content (AvgIpc) is 2.64. The third-order valence-corrected chi connectivity index (χ3v) is 5.63. The summed E-state index contributed by atoms with van der Waals surface area (Å²) in [5.74, 6) is 1.01. The van der Waals surface area contributed by atoms with Crippen molar-refractivity contribution in [2.24, 2.45) is 0 Å². The largest absolute Gasteiger partial charge is 0.456 e. The van der Waals surface area contributed by atoms with Crippen LogP contribution >= 0.6 is 0 Å². The Morgan fingerprint density at radius 1 is 0.720 bits per heavy atom. The molecule has 1 aromatic heterocycles. The van der Waals surface area contributed by atoms with Gasteiger partial charge < -0.3 is 4.42 Å².